The van der Waals surface area contributed by atoms with E-state index >= 15 is 0 Å². The molecular weight excluding hydrogens is 132 g/mol. The molecule has 1 rings (SSSR count). The molecule has 0 fully saturated rings. The Morgan fingerprint density at radius 2 is 2.00 bits per heavy atom. The smallest absolute Gasteiger partial charge is 0.00354 e. The van der Waals surface area contributed by atoms with Gasteiger partial charge < -0.3 is 0 Å². The number of hydrogen-bond acceptors (Lipinski definition) is 0. The first-order chi connectivity index (χ1) is 5.17. The molecule has 11 heavy (non-hydrogen) atoms. The highest BCUT2D eigenvalue weighted by Crippen LogP contribution is 2.33. The predicted molar refractivity (Wildman–Crippen MR) is 50.4 cm³/mol. The lowest BCUT2D eigenvalue weighted by Gasteiger charge is -2.28. The lowest BCUT2D eigenvalue weighted by Crippen LogP contribution is -2.19. The first-order valence-corrected chi connectivity index (χ1v) is 4.15. The van der Waals surface area contributed by atoms with Gasteiger partial charge in [0.1, 0.15) is 0 Å². The van der Waals surface area contributed by atoms with E-state index in [1.165, 1.54) is 0 Å². The molecule has 0 saturated carbocycles. The van der Waals surface area contributed by atoms with E-state index in [1.54, 1.807) is 0 Å². The van der Waals surface area contributed by atoms with Crippen LogP contribution in [0.3, 0.4) is 0 Å². The van der Waals surface area contributed by atoms with Gasteiger partial charge in [0.2, 0.25) is 0 Å². The molecule has 0 spiro atoms. The molecule has 1 unspecified atom stereocenters. The first kappa shape index (κ1) is 8.32. The Morgan fingerprint density at radius 1 is 1.27 bits per heavy atom. The zero-order chi connectivity index (χ0) is 8.32. The van der Waals surface area contributed by atoms with Gasteiger partial charge in [-0.15, -0.1) is 0 Å². The van der Waals surface area contributed by atoms with Crippen LogP contribution in [0, 0.1) is 11.3 Å². The molecule has 1 aliphatic rings. The van der Waals surface area contributed by atoms with Gasteiger partial charge in [-0.3, -0.25) is 0 Å². The average molecular weight is 148 g/mol. The van der Waals surface area contributed by atoms with Crippen molar-refractivity contribution in [2.24, 2.45) is 11.3 Å². The van der Waals surface area contributed by atoms with E-state index in [2.05, 4.69) is 57.2 Å². The molecular formula is C11H16. The highest BCUT2D eigenvalue weighted by Gasteiger charge is 2.23. The van der Waals surface area contributed by atoms with Gasteiger partial charge in [0.25, 0.3) is 0 Å². The lowest BCUT2D eigenvalue weighted by molar-refractivity contribution is 0.397. The minimum atomic E-state index is 0.293. The van der Waals surface area contributed by atoms with Crippen LogP contribution >= 0.6 is 0 Å². The third-order valence-corrected chi connectivity index (χ3v) is 2.21. The molecule has 0 nitrogen and oxygen atoms in total. The monoisotopic (exact) mass is 148 g/mol. The minimum absolute atomic E-state index is 0.293. The molecule has 0 heterocycles. The first-order valence-electron chi connectivity index (χ1n) is 4.15. The fourth-order valence-corrected chi connectivity index (χ4v) is 1.37. The summed E-state index contributed by atoms with van der Waals surface area (Å²) in [5, 5.41) is 0. The second kappa shape index (κ2) is 3.08. The van der Waals surface area contributed by atoms with Crippen molar-refractivity contribution in [2.75, 3.05) is 0 Å². The summed E-state index contributed by atoms with van der Waals surface area (Å²) in [5.74, 6) is 0.567. The van der Waals surface area contributed by atoms with Crippen molar-refractivity contribution in [3.05, 3.63) is 36.5 Å². The van der Waals surface area contributed by atoms with Gasteiger partial charge in [0, 0.05) is 5.92 Å². The molecule has 0 aromatic rings. The third kappa shape index (κ3) is 1.83. The number of hydrogen-bond donors (Lipinski definition) is 0. The summed E-state index contributed by atoms with van der Waals surface area (Å²) in [5.41, 5.74) is 0.293. The van der Waals surface area contributed by atoms with Crippen molar-refractivity contribution in [1.29, 1.82) is 0 Å². The highest BCUT2D eigenvalue weighted by molar-refractivity contribution is 5.21. The second-order valence-electron chi connectivity index (χ2n) is 3.62. The molecule has 0 bridgehead atoms. The average Bonchev–Trinajstić information content (AvgIpc) is 1.94. The van der Waals surface area contributed by atoms with Crippen LogP contribution in [0.25, 0.3) is 0 Å². The van der Waals surface area contributed by atoms with Gasteiger partial charge in [-0.25, -0.2) is 0 Å². The van der Waals surface area contributed by atoms with Gasteiger partial charge in [-0.05, 0) is 12.3 Å². The Bertz CT molecular complexity index is 204. The molecule has 0 amide bonds. The third-order valence-electron chi connectivity index (χ3n) is 2.21. The molecule has 60 valence electrons. The van der Waals surface area contributed by atoms with Crippen LogP contribution in [0.5, 0.6) is 0 Å². The van der Waals surface area contributed by atoms with Crippen molar-refractivity contribution < 1.29 is 0 Å². The zero-order valence-electron chi connectivity index (χ0n) is 7.54. The summed E-state index contributed by atoms with van der Waals surface area (Å²) in [6.45, 7) is 6.59. The predicted octanol–water partition coefficient (Wildman–Crippen LogP) is 3.33. The van der Waals surface area contributed by atoms with Gasteiger partial charge >= 0.3 is 0 Å². The van der Waals surface area contributed by atoms with Crippen molar-refractivity contribution in [3.8, 4) is 0 Å². The topological polar surface area (TPSA) is 0 Å². The van der Waals surface area contributed by atoms with Gasteiger partial charge in [0.15, 0.2) is 0 Å². The Labute approximate surface area is 69.3 Å². The Kier molecular flexibility index (Phi) is 2.33. The Morgan fingerprint density at radius 3 is 2.55 bits per heavy atom. The maximum atomic E-state index is 2.26. The lowest BCUT2D eigenvalue weighted by atomic mass is 9.76. The number of rotatable bonds is 1. The summed E-state index contributed by atoms with van der Waals surface area (Å²) in [7, 11) is 0. The maximum absolute atomic E-state index is 2.26. The maximum Gasteiger partial charge on any atom is 0.00354 e. The zero-order valence-corrected chi connectivity index (χ0v) is 7.54. The molecule has 1 aliphatic carbocycles. The molecule has 0 saturated heterocycles. The van der Waals surface area contributed by atoms with E-state index in [-0.39, 0.29) is 0 Å². The normalized spacial score (nSPS) is 28.1. The van der Waals surface area contributed by atoms with Crippen LogP contribution in [0.1, 0.15) is 20.8 Å². The Hall–Kier alpha value is -0.780. The van der Waals surface area contributed by atoms with E-state index in [0.717, 1.165) is 0 Å². The van der Waals surface area contributed by atoms with Gasteiger partial charge in [-0.2, -0.15) is 0 Å². The molecule has 0 aliphatic heterocycles. The van der Waals surface area contributed by atoms with Crippen molar-refractivity contribution in [1.82, 2.24) is 0 Å². The van der Waals surface area contributed by atoms with Crippen molar-refractivity contribution >= 4 is 0 Å². The van der Waals surface area contributed by atoms with E-state index < -0.39 is 0 Å². The van der Waals surface area contributed by atoms with Crippen LogP contribution in [0.15, 0.2) is 36.5 Å². The summed E-state index contributed by atoms with van der Waals surface area (Å²) in [4.78, 5) is 0. The largest absolute Gasteiger partial charge is 0.0910 e. The second-order valence-corrected chi connectivity index (χ2v) is 3.62. The van der Waals surface area contributed by atoms with E-state index in [1.807, 2.05) is 0 Å². The van der Waals surface area contributed by atoms with Crippen LogP contribution in [-0.2, 0) is 0 Å². The van der Waals surface area contributed by atoms with E-state index in [0.29, 0.717) is 11.3 Å². The summed E-state index contributed by atoms with van der Waals surface area (Å²) in [6.07, 6.45) is 13.1. The minimum Gasteiger partial charge on any atom is -0.0910 e. The van der Waals surface area contributed by atoms with Crippen LogP contribution in [0.2, 0.25) is 0 Å². The van der Waals surface area contributed by atoms with Crippen LogP contribution in [-0.4, -0.2) is 0 Å². The molecule has 0 aromatic carbocycles. The van der Waals surface area contributed by atoms with E-state index in [9.17, 15) is 0 Å². The quantitative estimate of drug-likeness (QED) is 0.500. The summed E-state index contributed by atoms with van der Waals surface area (Å²) < 4.78 is 0. The van der Waals surface area contributed by atoms with Crippen molar-refractivity contribution in [2.45, 2.75) is 20.8 Å². The number of allylic oxidation sites excluding steroid dienone is 6. The standard InChI is InChI=1S/C11H16/c1-4-7-10-8-5-6-9-11(10,2)3/h4-10H,1-3H3. The molecule has 0 heteroatoms. The van der Waals surface area contributed by atoms with E-state index in [4.69, 9.17) is 0 Å². The van der Waals surface area contributed by atoms with Crippen molar-refractivity contribution in [3.63, 3.8) is 0 Å². The summed E-state index contributed by atoms with van der Waals surface area (Å²) >= 11 is 0. The molecule has 0 aromatic heterocycles. The van der Waals surface area contributed by atoms with Crippen LogP contribution in [0.4, 0.5) is 0 Å². The molecule has 1 atom stereocenters. The molecule has 0 radical (unpaired) electrons. The molecule has 0 N–H and O–H groups in total. The fraction of sp³-hybridized carbons (Fsp3) is 0.455. The Balaban J connectivity index is 2.80. The SMILES string of the molecule is CC=CC1C=CC=CC1(C)C. The van der Waals surface area contributed by atoms with Gasteiger partial charge in [0.05, 0.1) is 0 Å². The summed E-state index contributed by atoms with van der Waals surface area (Å²) in [6, 6.07) is 0. The van der Waals surface area contributed by atoms with Crippen LogP contribution < -0.4 is 0 Å². The fourth-order valence-electron chi connectivity index (χ4n) is 1.37. The highest BCUT2D eigenvalue weighted by atomic mass is 14.3. The van der Waals surface area contributed by atoms with Gasteiger partial charge in [-0.1, -0.05) is 50.3 Å².